The average molecular weight is 181 g/mol. The second kappa shape index (κ2) is 3.86. The summed E-state index contributed by atoms with van der Waals surface area (Å²) in [7, 11) is -0.867. The van der Waals surface area contributed by atoms with Gasteiger partial charge in [0.05, 0.1) is 4.92 Å². The van der Waals surface area contributed by atoms with Crippen LogP contribution >= 0.6 is 0 Å². The van der Waals surface area contributed by atoms with E-state index in [1.165, 1.54) is 25.2 Å². The van der Waals surface area contributed by atoms with Crippen LogP contribution in [0.15, 0.2) is 18.3 Å². The van der Waals surface area contributed by atoms with Gasteiger partial charge >= 0.3 is 12.7 Å². The van der Waals surface area contributed by atoms with E-state index in [1.807, 2.05) is 0 Å². The molecule has 1 aromatic rings. The molecule has 0 unspecified atom stereocenters. The highest BCUT2D eigenvalue weighted by molar-refractivity contribution is 6.52. The molecular weight excluding hydrogens is 173 g/mol. The third kappa shape index (κ3) is 2.41. The Morgan fingerprint density at radius 1 is 1.77 bits per heavy atom. The number of aromatic nitrogens is 1. The SMILES string of the molecule is CB(O)Nc1ncccc1[N+](=O)[O-]. The summed E-state index contributed by atoms with van der Waals surface area (Å²) >= 11 is 0. The van der Waals surface area contributed by atoms with Gasteiger partial charge in [-0.3, -0.25) is 10.1 Å². The maximum atomic E-state index is 10.4. The van der Waals surface area contributed by atoms with Crippen LogP contribution in [0.1, 0.15) is 0 Å². The molecule has 0 bridgehead atoms. The van der Waals surface area contributed by atoms with Crippen LogP contribution in [-0.4, -0.2) is 22.0 Å². The molecule has 0 spiro atoms. The number of nitrogens with zero attached hydrogens (tertiary/aromatic N) is 2. The van der Waals surface area contributed by atoms with Crippen LogP contribution in [-0.2, 0) is 0 Å². The summed E-state index contributed by atoms with van der Waals surface area (Å²) in [6, 6.07) is 2.78. The zero-order chi connectivity index (χ0) is 9.84. The van der Waals surface area contributed by atoms with Gasteiger partial charge in [-0.1, -0.05) is 0 Å². The van der Waals surface area contributed by atoms with Gasteiger partial charge in [0.2, 0.25) is 0 Å². The van der Waals surface area contributed by atoms with Crippen molar-refractivity contribution in [3.05, 3.63) is 28.4 Å². The molecule has 0 atom stereocenters. The topological polar surface area (TPSA) is 88.3 Å². The summed E-state index contributed by atoms with van der Waals surface area (Å²) in [5.41, 5.74) is -0.150. The number of hydrogen-bond acceptors (Lipinski definition) is 5. The van der Waals surface area contributed by atoms with Gasteiger partial charge in [-0.15, -0.1) is 0 Å². The van der Waals surface area contributed by atoms with Crippen LogP contribution in [0.2, 0.25) is 6.82 Å². The van der Waals surface area contributed by atoms with Gasteiger partial charge in [-0.25, -0.2) is 4.98 Å². The smallest absolute Gasteiger partial charge is 0.408 e. The molecule has 1 aromatic heterocycles. The number of hydrogen-bond donors (Lipinski definition) is 2. The Balaban J connectivity index is 2.98. The fourth-order valence-corrected chi connectivity index (χ4v) is 0.853. The van der Waals surface area contributed by atoms with E-state index in [4.69, 9.17) is 5.02 Å². The maximum Gasteiger partial charge on any atom is 0.408 e. The monoisotopic (exact) mass is 181 g/mol. The molecule has 1 rings (SSSR count). The third-order valence-corrected chi connectivity index (χ3v) is 1.33. The summed E-state index contributed by atoms with van der Waals surface area (Å²) in [5, 5.41) is 21.8. The lowest BCUT2D eigenvalue weighted by Gasteiger charge is -2.04. The van der Waals surface area contributed by atoms with Crippen molar-refractivity contribution in [1.29, 1.82) is 0 Å². The van der Waals surface area contributed by atoms with Crippen molar-refractivity contribution < 1.29 is 9.95 Å². The number of nitro groups is 1. The third-order valence-electron chi connectivity index (χ3n) is 1.33. The molecule has 0 aromatic carbocycles. The quantitative estimate of drug-likeness (QED) is 0.402. The van der Waals surface area contributed by atoms with Crippen molar-refractivity contribution in [3.8, 4) is 0 Å². The Morgan fingerprint density at radius 2 is 2.46 bits per heavy atom. The largest absolute Gasteiger partial charge is 0.433 e. The second-order valence-corrected chi connectivity index (χ2v) is 2.45. The van der Waals surface area contributed by atoms with Gasteiger partial charge in [0.1, 0.15) is 0 Å². The van der Waals surface area contributed by atoms with Crippen molar-refractivity contribution in [3.63, 3.8) is 0 Å². The molecule has 2 N–H and O–H groups in total. The summed E-state index contributed by atoms with van der Waals surface area (Å²) < 4.78 is 0. The first kappa shape index (κ1) is 9.46. The van der Waals surface area contributed by atoms with Gasteiger partial charge in [-0.2, -0.15) is 0 Å². The zero-order valence-electron chi connectivity index (χ0n) is 6.97. The van der Waals surface area contributed by atoms with Crippen molar-refractivity contribution in [1.82, 2.24) is 4.98 Å². The van der Waals surface area contributed by atoms with E-state index in [9.17, 15) is 10.1 Å². The number of rotatable bonds is 3. The molecule has 0 aliphatic carbocycles. The van der Waals surface area contributed by atoms with Crippen LogP contribution in [0.5, 0.6) is 0 Å². The van der Waals surface area contributed by atoms with E-state index in [0.717, 1.165) is 0 Å². The number of nitrogens with one attached hydrogen (secondary N) is 1. The molecule has 0 aliphatic heterocycles. The fourth-order valence-electron chi connectivity index (χ4n) is 0.853. The molecule has 6 nitrogen and oxygen atoms in total. The highest BCUT2D eigenvalue weighted by Gasteiger charge is 2.16. The van der Waals surface area contributed by atoms with Crippen LogP contribution in [0.4, 0.5) is 11.5 Å². The highest BCUT2D eigenvalue weighted by Crippen LogP contribution is 2.19. The summed E-state index contributed by atoms with van der Waals surface area (Å²) in [4.78, 5) is 13.6. The minimum Gasteiger partial charge on any atom is -0.433 e. The Hall–Kier alpha value is -1.63. The summed E-state index contributed by atoms with van der Waals surface area (Å²) in [6.07, 6.45) is 1.41. The highest BCUT2D eigenvalue weighted by atomic mass is 16.6. The molecule has 0 saturated carbocycles. The van der Waals surface area contributed by atoms with Crippen molar-refractivity contribution in [2.75, 3.05) is 5.23 Å². The van der Waals surface area contributed by atoms with Gasteiger partial charge in [0.15, 0.2) is 5.82 Å². The van der Waals surface area contributed by atoms with E-state index < -0.39 is 12.0 Å². The molecule has 13 heavy (non-hydrogen) atoms. The molecule has 0 radical (unpaired) electrons. The Morgan fingerprint density at radius 3 is 3.00 bits per heavy atom. The van der Waals surface area contributed by atoms with E-state index in [1.54, 1.807) is 0 Å². The minimum atomic E-state index is -0.867. The van der Waals surface area contributed by atoms with Gasteiger partial charge in [0.25, 0.3) is 0 Å². The minimum absolute atomic E-state index is 0.0718. The second-order valence-electron chi connectivity index (χ2n) is 2.45. The molecule has 0 aliphatic rings. The predicted octanol–water partition coefficient (Wildman–Crippen LogP) is 0.512. The van der Waals surface area contributed by atoms with E-state index >= 15 is 0 Å². The normalized spacial score (nSPS) is 9.38. The first-order valence-electron chi connectivity index (χ1n) is 3.65. The standard InChI is InChI=1S/C6H8BN3O3/c1-7(11)9-6-5(10(12)13)3-2-4-8-6/h2-4,11H,1H3,(H,8,9). The molecule has 0 saturated heterocycles. The first-order chi connectivity index (χ1) is 6.11. The summed E-state index contributed by atoms with van der Waals surface area (Å²) in [5.74, 6) is 0.0718. The molecular formula is C6H8BN3O3. The van der Waals surface area contributed by atoms with Crippen LogP contribution in [0.25, 0.3) is 0 Å². The first-order valence-corrected chi connectivity index (χ1v) is 3.65. The van der Waals surface area contributed by atoms with Crippen LogP contribution in [0, 0.1) is 10.1 Å². The number of anilines is 1. The van der Waals surface area contributed by atoms with Crippen LogP contribution < -0.4 is 5.23 Å². The molecule has 1 heterocycles. The van der Waals surface area contributed by atoms with Crippen molar-refractivity contribution >= 4 is 18.6 Å². The Kier molecular flexibility index (Phi) is 2.81. The number of pyridine rings is 1. The predicted molar refractivity (Wildman–Crippen MR) is 48.4 cm³/mol. The van der Waals surface area contributed by atoms with Gasteiger partial charge in [0, 0.05) is 12.3 Å². The lowest BCUT2D eigenvalue weighted by atomic mass is 9.89. The Bertz CT molecular complexity index is 318. The van der Waals surface area contributed by atoms with Gasteiger partial charge < -0.3 is 10.3 Å². The van der Waals surface area contributed by atoms with E-state index in [-0.39, 0.29) is 11.5 Å². The maximum absolute atomic E-state index is 10.4. The fraction of sp³-hybridized carbons (Fsp3) is 0.167. The molecule has 68 valence electrons. The molecule has 0 amide bonds. The van der Waals surface area contributed by atoms with E-state index in [2.05, 4.69) is 10.2 Å². The Labute approximate surface area is 74.9 Å². The van der Waals surface area contributed by atoms with Gasteiger partial charge in [-0.05, 0) is 12.9 Å². The molecule has 0 fully saturated rings. The van der Waals surface area contributed by atoms with Crippen molar-refractivity contribution in [2.24, 2.45) is 0 Å². The zero-order valence-corrected chi connectivity index (χ0v) is 6.97. The van der Waals surface area contributed by atoms with E-state index in [0.29, 0.717) is 0 Å². The molecule has 7 heteroatoms. The lowest BCUT2D eigenvalue weighted by molar-refractivity contribution is -0.384. The lowest BCUT2D eigenvalue weighted by Crippen LogP contribution is -2.21. The average Bonchev–Trinajstić information content (AvgIpc) is 2.03. The van der Waals surface area contributed by atoms with Crippen LogP contribution in [0.3, 0.4) is 0 Å². The summed E-state index contributed by atoms with van der Waals surface area (Å²) in [6.45, 7) is 1.46. The van der Waals surface area contributed by atoms with Crippen molar-refractivity contribution in [2.45, 2.75) is 6.82 Å².